The van der Waals surface area contributed by atoms with Gasteiger partial charge in [-0.3, -0.25) is 0 Å². The van der Waals surface area contributed by atoms with Crippen LogP contribution < -0.4 is 4.72 Å². The largest absolute Gasteiger partial charge is 0.505 e. The lowest BCUT2D eigenvalue weighted by Gasteiger charge is -2.14. The van der Waals surface area contributed by atoms with Gasteiger partial charge in [-0.2, -0.15) is 0 Å². The first-order valence-corrected chi connectivity index (χ1v) is 5.77. The molecule has 1 aliphatic rings. The Balaban J connectivity index is 2.17. The Kier molecular flexibility index (Phi) is 3.23. The highest BCUT2D eigenvalue weighted by Gasteiger charge is 2.13. The van der Waals surface area contributed by atoms with E-state index in [1.165, 1.54) is 11.9 Å². The maximum Gasteiger partial charge on any atom is 0.155 e. The third-order valence-electron chi connectivity index (χ3n) is 2.10. The molecule has 0 saturated carbocycles. The number of allylic oxidation sites excluding steroid dienone is 1. The van der Waals surface area contributed by atoms with Crippen LogP contribution >= 0.6 is 23.5 Å². The van der Waals surface area contributed by atoms with E-state index in [0.29, 0.717) is 11.6 Å². The van der Waals surface area contributed by atoms with Gasteiger partial charge in [-0.15, -0.1) is 0 Å². The normalized spacial score (nSPS) is 15.9. The van der Waals surface area contributed by atoms with Crippen molar-refractivity contribution in [1.29, 1.82) is 0 Å². The van der Waals surface area contributed by atoms with Crippen molar-refractivity contribution >= 4 is 23.5 Å². The summed E-state index contributed by atoms with van der Waals surface area (Å²) in [5, 5.41) is 11.9. The monoisotopic (exact) mass is 239 g/mol. The summed E-state index contributed by atoms with van der Waals surface area (Å²) < 4.78 is 2.78. The molecule has 0 fully saturated rings. The molecule has 0 amide bonds. The Morgan fingerprint density at radius 1 is 1.27 bits per heavy atom. The minimum absolute atomic E-state index is 0.138. The van der Waals surface area contributed by atoms with E-state index in [2.05, 4.69) is 4.72 Å². The summed E-state index contributed by atoms with van der Waals surface area (Å²) in [4.78, 5) is 0. The van der Waals surface area contributed by atoms with Crippen molar-refractivity contribution in [3.05, 3.63) is 57.8 Å². The molecule has 0 unspecified atom stereocenters. The van der Waals surface area contributed by atoms with Crippen LogP contribution in [0.15, 0.2) is 52.2 Å². The Hall–Kier alpha value is -1.06. The molecule has 1 heterocycles. The minimum Gasteiger partial charge on any atom is -0.505 e. The molecule has 0 radical (unpaired) electrons. The van der Waals surface area contributed by atoms with Gasteiger partial charge in [0.25, 0.3) is 0 Å². The third-order valence-corrected chi connectivity index (χ3v) is 3.21. The summed E-state index contributed by atoms with van der Waals surface area (Å²) in [6, 6.07) is 9.97. The number of halogens is 1. The number of hydrogen-bond acceptors (Lipinski definition) is 3. The van der Waals surface area contributed by atoms with E-state index >= 15 is 0 Å². The summed E-state index contributed by atoms with van der Waals surface area (Å²) in [6.45, 7) is 0. The van der Waals surface area contributed by atoms with Crippen molar-refractivity contribution in [2.45, 2.75) is 6.42 Å². The molecule has 2 nitrogen and oxygen atoms in total. The molecule has 2 N–H and O–H groups in total. The van der Waals surface area contributed by atoms with Crippen LogP contribution in [-0.4, -0.2) is 5.11 Å². The zero-order chi connectivity index (χ0) is 10.7. The number of nitrogens with one attached hydrogen (secondary N) is 1. The van der Waals surface area contributed by atoms with Gasteiger partial charge >= 0.3 is 0 Å². The second-order valence-corrected chi connectivity index (χ2v) is 4.24. The van der Waals surface area contributed by atoms with Gasteiger partial charge in [-0.05, 0) is 22.9 Å². The molecular formula is C11H10ClNOS. The zero-order valence-corrected chi connectivity index (χ0v) is 9.48. The number of aliphatic hydroxyl groups is 1. The highest BCUT2D eigenvalue weighted by atomic mass is 35.5. The molecule has 2 rings (SSSR count). The van der Waals surface area contributed by atoms with Crippen molar-refractivity contribution in [2.24, 2.45) is 0 Å². The fourth-order valence-corrected chi connectivity index (χ4v) is 2.19. The highest BCUT2D eigenvalue weighted by molar-refractivity contribution is 8.00. The standard InChI is InChI=1S/C11H10ClNOS/c12-11-10(14)9(7-15-13-11)6-8-4-2-1-3-5-8/h1-5,7,13-14H,6H2. The molecule has 0 bridgehead atoms. The van der Waals surface area contributed by atoms with Gasteiger partial charge in [0.1, 0.15) is 0 Å². The van der Waals surface area contributed by atoms with E-state index in [1.807, 2.05) is 35.7 Å². The number of hydrogen-bond donors (Lipinski definition) is 2. The summed E-state index contributed by atoms with van der Waals surface area (Å²) in [5.41, 5.74) is 2.00. The first-order valence-electron chi connectivity index (χ1n) is 4.51. The van der Waals surface area contributed by atoms with E-state index in [0.717, 1.165) is 11.1 Å². The summed E-state index contributed by atoms with van der Waals surface area (Å²) in [6.07, 6.45) is 0.692. The molecule has 1 aromatic rings. The van der Waals surface area contributed by atoms with Gasteiger partial charge < -0.3 is 9.83 Å². The van der Waals surface area contributed by atoms with E-state index in [1.54, 1.807) is 0 Å². The van der Waals surface area contributed by atoms with Crippen molar-refractivity contribution in [3.63, 3.8) is 0 Å². The topological polar surface area (TPSA) is 32.3 Å². The molecule has 4 heteroatoms. The maximum atomic E-state index is 9.70. The van der Waals surface area contributed by atoms with Crippen LogP contribution in [0.4, 0.5) is 0 Å². The molecule has 0 atom stereocenters. The van der Waals surface area contributed by atoms with Gasteiger partial charge in [-0.1, -0.05) is 41.9 Å². The van der Waals surface area contributed by atoms with Gasteiger partial charge in [-0.25, -0.2) is 0 Å². The van der Waals surface area contributed by atoms with E-state index in [-0.39, 0.29) is 5.76 Å². The van der Waals surface area contributed by atoms with Gasteiger partial charge in [0, 0.05) is 12.0 Å². The Bertz CT molecular complexity index is 414. The van der Waals surface area contributed by atoms with E-state index in [9.17, 15) is 5.11 Å². The molecule has 1 aliphatic heterocycles. The number of aliphatic hydroxyl groups excluding tert-OH is 1. The first-order chi connectivity index (χ1) is 7.27. The van der Waals surface area contributed by atoms with Crippen LogP contribution in [-0.2, 0) is 6.42 Å². The molecule has 15 heavy (non-hydrogen) atoms. The van der Waals surface area contributed by atoms with Crippen molar-refractivity contribution < 1.29 is 5.11 Å². The van der Waals surface area contributed by atoms with Crippen molar-refractivity contribution in [3.8, 4) is 0 Å². The summed E-state index contributed by atoms with van der Waals surface area (Å²) in [5.74, 6) is 0.138. The molecule has 0 spiro atoms. The second kappa shape index (κ2) is 4.64. The summed E-state index contributed by atoms with van der Waals surface area (Å²) in [7, 11) is 0. The van der Waals surface area contributed by atoms with Crippen LogP contribution in [0.5, 0.6) is 0 Å². The van der Waals surface area contributed by atoms with Crippen LogP contribution in [0.2, 0.25) is 0 Å². The van der Waals surface area contributed by atoms with Gasteiger partial charge in [0.15, 0.2) is 10.9 Å². The Morgan fingerprint density at radius 3 is 2.73 bits per heavy atom. The average molecular weight is 240 g/mol. The first kappa shape index (κ1) is 10.5. The lowest BCUT2D eigenvalue weighted by molar-refractivity contribution is 0.415. The minimum atomic E-state index is 0.138. The SMILES string of the molecule is OC1=C(Cl)NSC=C1Cc1ccccc1. The lowest BCUT2D eigenvalue weighted by atomic mass is 10.1. The maximum absolute atomic E-state index is 9.70. The second-order valence-electron chi connectivity index (χ2n) is 3.19. The summed E-state index contributed by atoms with van der Waals surface area (Å²) >= 11 is 7.16. The molecule has 0 aliphatic carbocycles. The molecule has 1 aromatic carbocycles. The smallest absolute Gasteiger partial charge is 0.155 e. The Labute approximate surface area is 97.8 Å². The predicted octanol–water partition coefficient (Wildman–Crippen LogP) is 3.33. The molecule has 0 saturated heterocycles. The fourth-order valence-electron chi connectivity index (χ4n) is 1.34. The zero-order valence-electron chi connectivity index (χ0n) is 7.90. The van der Waals surface area contributed by atoms with Crippen LogP contribution in [0.3, 0.4) is 0 Å². The predicted molar refractivity (Wildman–Crippen MR) is 64.5 cm³/mol. The van der Waals surface area contributed by atoms with Crippen molar-refractivity contribution in [2.75, 3.05) is 0 Å². The highest BCUT2D eigenvalue weighted by Crippen LogP contribution is 2.26. The van der Waals surface area contributed by atoms with Crippen LogP contribution in [0, 0.1) is 0 Å². The Morgan fingerprint density at radius 2 is 2.00 bits per heavy atom. The molecule has 0 aromatic heterocycles. The third kappa shape index (κ3) is 2.49. The molecular weight excluding hydrogens is 230 g/mol. The van der Waals surface area contributed by atoms with Crippen molar-refractivity contribution in [1.82, 2.24) is 4.72 Å². The quantitative estimate of drug-likeness (QED) is 0.613. The van der Waals surface area contributed by atoms with Crippen LogP contribution in [0.1, 0.15) is 5.56 Å². The van der Waals surface area contributed by atoms with E-state index < -0.39 is 0 Å². The van der Waals surface area contributed by atoms with E-state index in [4.69, 9.17) is 11.6 Å². The number of rotatable bonds is 2. The molecule has 78 valence electrons. The lowest BCUT2D eigenvalue weighted by Crippen LogP contribution is -2.08. The van der Waals surface area contributed by atoms with Crippen LogP contribution in [0.25, 0.3) is 0 Å². The average Bonchev–Trinajstić information content (AvgIpc) is 2.26. The van der Waals surface area contributed by atoms with Gasteiger partial charge in [0.05, 0.1) is 0 Å². The number of benzene rings is 1. The van der Waals surface area contributed by atoms with Gasteiger partial charge in [0.2, 0.25) is 0 Å². The fraction of sp³-hybridized carbons (Fsp3) is 0.0909.